The normalized spacial score (nSPS) is 22.9. The lowest BCUT2D eigenvalue weighted by Gasteiger charge is -2.41. The molecule has 0 bridgehead atoms. The molecule has 3 aromatic rings. The highest BCUT2D eigenvalue weighted by atomic mass is 32.2. The van der Waals surface area contributed by atoms with E-state index in [2.05, 4.69) is 17.6 Å². The third kappa shape index (κ3) is 8.52. The summed E-state index contributed by atoms with van der Waals surface area (Å²) in [5.41, 5.74) is 3.45. The summed E-state index contributed by atoms with van der Waals surface area (Å²) in [4.78, 5) is 37.6. The van der Waals surface area contributed by atoms with Crippen molar-refractivity contribution in [2.45, 2.75) is 68.9 Å². The molecule has 250 valence electrons. The molecule has 0 unspecified atom stereocenters. The van der Waals surface area contributed by atoms with Crippen LogP contribution in [-0.2, 0) is 30.5 Å². The fraction of sp³-hybridized carbons (Fsp3) is 0.382. The molecular weight excluding hydrogens is 635 g/mol. The summed E-state index contributed by atoms with van der Waals surface area (Å²) in [5.74, 6) is -2.28. The Balaban J connectivity index is 1.30. The van der Waals surface area contributed by atoms with Crippen LogP contribution in [0.25, 0.3) is 0 Å². The van der Waals surface area contributed by atoms with Crippen LogP contribution in [0, 0.1) is 5.92 Å². The van der Waals surface area contributed by atoms with Crippen LogP contribution in [0.2, 0.25) is 0 Å². The Bertz CT molecular complexity index is 1550. The summed E-state index contributed by atoms with van der Waals surface area (Å²) >= 11 is 1.61. The van der Waals surface area contributed by atoms with E-state index in [9.17, 15) is 32.7 Å². The van der Waals surface area contributed by atoms with Gasteiger partial charge in [0.1, 0.15) is 6.04 Å². The lowest BCUT2D eigenvalue weighted by Crippen LogP contribution is -2.48. The van der Waals surface area contributed by atoms with Crippen LogP contribution in [0.5, 0.6) is 0 Å². The number of rotatable bonds is 9. The van der Waals surface area contributed by atoms with E-state index in [0.29, 0.717) is 34.0 Å². The Morgan fingerprint density at radius 1 is 0.915 bits per heavy atom. The molecule has 2 heterocycles. The molecule has 0 saturated carbocycles. The number of hydrogen-bond acceptors (Lipinski definition) is 7. The Kier molecular flexibility index (Phi) is 10.9. The number of nitrogens with one attached hydrogen (secondary N) is 2. The third-order valence-electron chi connectivity index (χ3n) is 8.22. The molecule has 3 N–H and O–H groups in total. The summed E-state index contributed by atoms with van der Waals surface area (Å²) < 4.78 is 52.0. The molecule has 47 heavy (non-hydrogen) atoms. The number of likely N-dealkylation sites (tertiary alicyclic amines) is 1. The zero-order valence-corrected chi connectivity index (χ0v) is 26.6. The fourth-order valence-corrected chi connectivity index (χ4v) is 6.79. The van der Waals surface area contributed by atoms with Crippen molar-refractivity contribution in [1.29, 1.82) is 0 Å². The number of carbonyl (C=O) groups excluding carboxylic acids is 3. The van der Waals surface area contributed by atoms with Gasteiger partial charge in [-0.15, -0.1) is 11.8 Å². The van der Waals surface area contributed by atoms with Gasteiger partial charge in [-0.25, -0.2) is 0 Å². The summed E-state index contributed by atoms with van der Waals surface area (Å²) in [5, 5.41) is 14.9. The Morgan fingerprint density at radius 3 is 2.15 bits per heavy atom. The van der Waals surface area contributed by atoms with Gasteiger partial charge in [-0.2, -0.15) is 13.2 Å². The first-order valence-electron chi connectivity index (χ1n) is 15.2. The number of ether oxygens (including phenoxy) is 2. The minimum atomic E-state index is -5.05. The van der Waals surface area contributed by atoms with Gasteiger partial charge in [-0.1, -0.05) is 43.3 Å². The van der Waals surface area contributed by atoms with E-state index in [4.69, 9.17) is 9.47 Å². The molecule has 2 saturated heterocycles. The van der Waals surface area contributed by atoms with E-state index in [1.54, 1.807) is 36.0 Å². The number of amides is 3. The van der Waals surface area contributed by atoms with E-state index in [-0.39, 0.29) is 43.6 Å². The van der Waals surface area contributed by atoms with E-state index < -0.39 is 30.3 Å². The van der Waals surface area contributed by atoms with Crippen LogP contribution in [-0.4, -0.2) is 58.3 Å². The molecule has 0 radical (unpaired) electrons. The topological polar surface area (TPSA) is 117 Å². The number of carbonyl (C=O) groups is 3. The minimum absolute atomic E-state index is 0.0512. The summed E-state index contributed by atoms with van der Waals surface area (Å²) in [6, 6.07) is 20.6. The molecule has 0 aromatic heterocycles. The van der Waals surface area contributed by atoms with Crippen molar-refractivity contribution in [2.75, 3.05) is 22.9 Å². The maximum absolute atomic E-state index is 13.0. The lowest BCUT2D eigenvalue weighted by atomic mass is 9.91. The first-order chi connectivity index (χ1) is 22.4. The Morgan fingerprint density at radius 2 is 1.53 bits per heavy atom. The molecule has 5 atom stereocenters. The molecule has 2 fully saturated rings. The molecule has 9 nitrogen and oxygen atoms in total. The number of alkyl halides is 3. The maximum atomic E-state index is 13.0. The van der Waals surface area contributed by atoms with Gasteiger partial charge in [-0.3, -0.25) is 14.4 Å². The van der Waals surface area contributed by atoms with Crippen molar-refractivity contribution in [3.05, 3.63) is 89.5 Å². The van der Waals surface area contributed by atoms with Gasteiger partial charge >= 0.3 is 12.1 Å². The minimum Gasteiger partial charge on any atom is -0.392 e. The van der Waals surface area contributed by atoms with Crippen LogP contribution in [0.1, 0.15) is 55.8 Å². The number of thioether (sulfide) groups is 1. The number of anilines is 2. The smallest absolute Gasteiger partial charge is 0.392 e. The standard InChI is InChI=1S/C34H36F3N3O6S/c1-20-29(19-47-27-15-13-25(14-16-27)38-21(2)42)45-32(46-30(20)23-7-5-22(18-41)6-8-23)24-9-11-26(12-10-24)39-31(43)28-4-3-17-40(28)33(44)34(35,36)37/h5-16,20,28-30,32,41H,3-4,17-19H2,1-2H3,(H,38,42)(H,39,43)/t20-,28+,29+,30+,32+/m1/s1. The molecule has 0 spiro atoms. The predicted molar refractivity (Wildman–Crippen MR) is 170 cm³/mol. The monoisotopic (exact) mass is 671 g/mol. The molecule has 3 aromatic carbocycles. The Hall–Kier alpha value is -3.91. The number of aliphatic hydroxyl groups excluding tert-OH is 1. The SMILES string of the molecule is CC(=O)Nc1ccc(SC[C@@H]2O[C@H](c3ccc(NC(=O)[C@@H]4CCCN4C(=O)C(F)(F)F)cc3)O[C@H](c3ccc(CO)cc3)[C@@H]2C)cc1. The van der Waals surface area contributed by atoms with Crippen molar-refractivity contribution in [3.8, 4) is 0 Å². The van der Waals surface area contributed by atoms with Crippen molar-refractivity contribution in [1.82, 2.24) is 4.90 Å². The molecule has 5 rings (SSSR count). The van der Waals surface area contributed by atoms with Gasteiger partial charge in [0.25, 0.3) is 0 Å². The first kappa shape index (κ1) is 34.4. The number of halogens is 3. The number of nitrogens with zero attached hydrogens (tertiary/aromatic N) is 1. The van der Waals surface area contributed by atoms with Crippen LogP contribution in [0.3, 0.4) is 0 Å². The van der Waals surface area contributed by atoms with Gasteiger partial charge in [0.05, 0.1) is 18.8 Å². The molecule has 2 aliphatic heterocycles. The first-order valence-corrected chi connectivity index (χ1v) is 16.2. The second kappa shape index (κ2) is 14.9. The fourth-order valence-electron chi connectivity index (χ4n) is 5.72. The van der Waals surface area contributed by atoms with Gasteiger partial charge in [0.15, 0.2) is 6.29 Å². The van der Waals surface area contributed by atoms with E-state index >= 15 is 0 Å². The van der Waals surface area contributed by atoms with Gasteiger partial charge < -0.3 is 30.1 Å². The third-order valence-corrected chi connectivity index (χ3v) is 9.32. The van der Waals surface area contributed by atoms with E-state index in [1.165, 1.54) is 6.92 Å². The van der Waals surface area contributed by atoms with E-state index in [1.807, 2.05) is 48.5 Å². The van der Waals surface area contributed by atoms with Crippen molar-refractivity contribution in [2.24, 2.45) is 5.92 Å². The molecule has 2 aliphatic rings. The quantitative estimate of drug-likeness (QED) is 0.232. The molecule has 13 heteroatoms. The van der Waals surface area contributed by atoms with Gasteiger partial charge in [0, 0.05) is 47.0 Å². The summed E-state index contributed by atoms with van der Waals surface area (Å²) in [6.45, 7) is 3.30. The number of hydrogen-bond donors (Lipinski definition) is 3. The number of aliphatic hydroxyl groups is 1. The largest absolute Gasteiger partial charge is 0.471 e. The zero-order chi connectivity index (χ0) is 33.7. The summed E-state index contributed by atoms with van der Waals surface area (Å²) in [7, 11) is 0. The second-order valence-electron chi connectivity index (χ2n) is 11.6. The maximum Gasteiger partial charge on any atom is 0.471 e. The van der Waals surface area contributed by atoms with Crippen molar-refractivity contribution >= 4 is 40.9 Å². The van der Waals surface area contributed by atoms with Gasteiger partial charge in [-0.05, 0) is 60.4 Å². The highest BCUT2D eigenvalue weighted by Crippen LogP contribution is 2.43. The van der Waals surface area contributed by atoms with Gasteiger partial charge in [0.2, 0.25) is 11.8 Å². The van der Waals surface area contributed by atoms with E-state index in [0.717, 1.165) is 16.0 Å². The molecule has 3 amide bonds. The van der Waals surface area contributed by atoms with Crippen molar-refractivity contribution in [3.63, 3.8) is 0 Å². The van der Waals surface area contributed by atoms with Crippen LogP contribution >= 0.6 is 11.8 Å². The molecular formula is C34H36F3N3O6S. The molecule has 0 aliphatic carbocycles. The predicted octanol–water partition coefficient (Wildman–Crippen LogP) is 6.21. The second-order valence-corrected chi connectivity index (χ2v) is 12.7. The average Bonchev–Trinajstić information content (AvgIpc) is 3.54. The summed E-state index contributed by atoms with van der Waals surface area (Å²) in [6.07, 6.45) is -5.94. The number of benzene rings is 3. The van der Waals surface area contributed by atoms with Crippen molar-refractivity contribution < 1.29 is 42.1 Å². The Labute approximate surface area is 274 Å². The average molecular weight is 672 g/mol. The highest BCUT2D eigenvalue weighted by molar-refractivity contribution is 7.99. The van der Waals surface area contributed by atoms with Crippen LogP contribution in [0.4, 0.5) is 24.5 Å². The van der Waals surface area contributed by atoms with Crippen LogP contribution in [0.15, 0.2) is 77.7 Å². The highest BCUT2D eigenvalue weighted by Gasteiger charge is 2.47. The van der Waals surface area contributed by atoms with Crippen LogP contribution < -0.4 is 10.6 Å². The zero-order valence-electron chi connectivity index (χ0n) is 25.8. The lowest BCUT2D eigenvalue weighted by molar-refractivity contribution is -0.268.